The fourth-order valence-corrected chi connectivity index (χ4v) is 0.697. The van der Waals surface area contributed by atoms with Crippen molar-refractivity contribution in [3.63, 3.8) is 0 Å². The monoisotopic (exact) mass is 165 g/mol. The van der Waals surface area contributed by atoms with Gasteiger partial charge >= 0.3 is 0 Å². The Labute approximate surface area is 70.8 Å². The topological polar surface area (TPSA) is 21.3 Å². The Balaban J connectivity index is 0. The molecule has 0 spiro atoms. The van der Waals surface area contributed by atoms with Crippen LogP contribution in [0.15, 0.2) is 0 Å². The molecule has 1 aliphatic heterocycles. The highest BCUT2D eigenvalue weighted by molar-refractivity contribution is 7.59. The van der Waals surface area contributed by atoms with Crippen LogP contribution in [0.3, 0.4) is 0 Å². The third kappa shape index (κ3) is 6.39. The number of morpholine rings is 1. The van der Waals surface area contributed by atoms with E-state index >= 15 is 0 Å². The lowest BCUT2D eigenvalue weighted by Gasteiger charge is -2.18. The van der Waals surface area contributed by atoms with E-state index in [0.29, 0.717) is 6.10 Å². The predicted octanol–water partition coefficient (Wildman–Crippen LogP) is 1.13. The van der Waals surface area contributed by atoms with Crippen LogP contribution in [0.4, 0.5) is 0 Å². The summed E-state index contributed by atoms with van der Waals surface area (Å²) in [6, 6.07) is 0. The van der Waals surface area contributed by atoms with E-state index < -0.39 is 0 Å². The van der Waals surface area contributed by atoms with Crippen LogP contribution in [0.1, 0.15) is 20.8 Å². The van der Waals surface area contributed by atoms with Crippen molar-refractivity contribution in [2.45, 2.75) is 26.9 Å². The van der Waals surface area contributed by atoms with Gasteiger partial charge < -0.3 is 10.1 Å². The van der Waals surface area contributed by atoms with E-state index in [9.17, 15) is 0 Å². The fourth-order valence-electron chi connectivity index (χ4n) is 0.697. The maximum atomic E-state index is 5.22. The van der Waals surface area contributed by atoms with Crippen molar-refractivity contribution >= 4 is 13.5 Å². The molecule has 0 aromatic heterocycles. The van der Waals surface area contributed by atoms with E-state index in [2.05, 4.69) is 12.2 Å². The van der Waals surface area contributed by atoms with Crippen molar-refractivity contribution in [3.05, 3.63) is 0 Å². The molecule has 2 nitrogen and oxygen atoms in total. The summed E-state index contributed by atoms with van der Waals surface area (Å²) < 4.78 is 5.22. The fraction of sp³-hybridized carbons (Fsp3) is 1.00. The Hall–Kier alpha value is 0.270. The molecule has 0 saturated carbocycles. The first-order valence-corrected chi connectivity index (χ1v) is 3.72. The summed E-state index contributed by atoms with van der Waals surface area (Å²) in [4.78, 5) is 0. The number of rotatable bonds is 0. The van der Waals surface area contributed by atoms with Gasteiger partial charge in [0.15, 0.2) is 0 Å². The summed E-state index contributed by atoms with van der Waals surface area (Å²) in [5, 5.41) is 3.21. The maximum absolute atomic E-state index is 5.22. The Morgan fingerprint density at radius 2 is 2.00 bits per heavy atom. The van der Waals surface area contributed by atoms with Gasteiger partial charge in [0.05, 0.1) is 12.7 Å². The number of hydrogen-bond acceptors (Lipinski definition) is 2. The van der Waals surface area contributed by atoms with Gasteiger partial charge in [0.25, 0.3) is 0 Å². The largest absolute Gasteiger partial charge is 0.376 e. The molecule has 10 heavy (non-hydrogen) atoms. The molecule has 3 heteroatoms. The van der Waals surface area contributed by atoms with Crippen molar-refractivity contribution in [3.8, 4) is 0 Å². The minimum atomic E-state index is 0. The molecule has 0 radical (unpaired) electrons. The zero-order valence-corrected chi connectivity index (χ0v) is 8.11. The van der Waals surface area contributed by atoms with E-state index in [1.165, 1.54) is 0 Å². The van der Waals surface area contributed by atoms with E-state index in [0.717, 1.165) is 19.7 Å². The van der Waals surface area contributed by atoms with Gasteiger partial charge in [0.2, 0.25) is 0 Å². The van der Waals surface area contributed by atoms with Crippen LogP contribution in [-0.2, 0) is 4.74 Å². The molecule has 0 aliphatic carbocycles. The molecule has 1 atom stereocenters. The summed E-state index contributed by atoms with van der Waals surface area (Å²) in [5.74, 6) is 0. The van der Waals surface area contributed by atoms with Gasteiger partial charge in [-0.15, -0.1) is 0 Å². The van der Waals surface area contributed by atoms with Crippen molar-refractivity contribution in [1.29, 1.82) is 0 Å². The molecule has 1 N–H and O–H groups in total. The standard InChI is InChI=1S/C5H11NO.C2H6.H2S/c1-5-4-6-2-3-7-5;1-2;/h5-6H,2-4H2,1H3;1-2H3;1H2/t5-;;/m1../s1. The van der Waals surface area contributed by atoms with Gasteiger partial charge in [0.1, 0.15) is 0 Å². The molecular weight excluding hydrogens is 146 g/mol. The van der Waals surface area contributed by atoms with Crippen molar-refractivity contribution in [1.82, 2.24) is 5.32 Å². The normalized spacial score (nSPS) is 23.7. The highest BCUT2D eigenvalue weighted by Gasteiger charge is 2.04. The number of hydrogen-bond donors (Lipinski definition) is 1. The molecule has 64 valence electrons. The zero-order chi connectivity index (χ0) is 7.11. The molecule has 1 fully saturated rings. The lowest BCUT2D eigenvalue weighted by molar-refractivity contribution is 0.0410. The van der Waals surface area contributed by atoms with Crippen molar-refractivity contribution in [2.24, 2.45) is 0 Å². The second kappa shape index (κ2) is 9.27. The van der Waals surface area contributed by atoms with Crippen molar-refractivity contribution in [2.75, 3.05) is 19.7 Å². The average Bonchev–Trinajstić information content (AvgIpc) is 1.94. The van der Waals surface area contributed by atoms with Gasteiger partial charge in [-0.3, -0.25) is 0 Å². The van der Waals surface area contributed by atoms with Crippen LogP contribution in [-0.4, -0.2) is 25.8 Å². The third-order valence-corrected chi connectivity index (χ3v) is 1.11. The van der Waals surface area contributed by atoms with Crippen LogP contribution in [0.5, 0.6) is 0 Å². The Bertz CT molecular complexity index is 55.6. The Morgan fingerprint density at radius 3 is 2.20 bits per heavy atom. The SMILES string of the molecule is CC.C[C@@H]1CNCCO1.S. The van der Waals surface area contributed by atoms with Crippen molar-refractivity contribution < 1.29 is 4.74 Å². The molecule has 0 aromatic rings. The number of ether oxygens (including phenoxy) is 1. The van der Waals surface area contributed by atoms with Crippen LogP contribution >= 0.6 is 13.5 Å². The lowest BCUT2D eigenvalue weighted by Crippen LogP contribution is -2.36. The smallest absolute Gasteiger partial charge is 0.0672 e. The third-order valence-electron chi connectivity index (χ3n) is 1.11. The van der Waals surface area contributed by atoms with Gasteiger partial charge in [0, 0.05) is 13.1 Å². The molecule has 0 bridgehead atoms. The second-order valence-corrected chi connectivity index (χ2v) is 1.89. The minimum Gasteiger partial charge on any atom is -0.376 e. The highest BCUT2D eigenvalue weighted by Crippen LogP contribution is 1.91. The summed E-state index contributed by atoms with van der Waals surface area (Å²) in [5.41, 5.74) is 0. The summed E-state index contributed by atoms with van der Waals surface area (Å²) in [6.07, 6.45) is 0.425. The molecule has 1 saturated heterocycles. The lowest BCUT2D eigenvalue weighted by atomic mass is 10.3. The first-order chi connectivity index (χ1) is 4.39. The average molecular weight is 165 g/mol. The zero-order valence-electron chi connectivity index (χ0n) is 7.11. The van der Waals surface area contributed by atoms with Gasteiger partial charge in [-0.2, -0.15) is 13.5 Å². The van der Waals surface area contributed by atoms with Crippen LogP contribution < -0.4 is 5.32 Å². The van der Waals surface area contributed by atoms with Crippen LogP contribution in [0.25, 0.3) is 0 Å². The summed E-state index contributed by atoms with van der Waals surface area (Å²) in [7, 11) is 0. The Morgan fingerprint density at radius 1 is 1.40 bits per heavy atom. The molecule has 1 heterocycles. The quantitative estimate of drug-likeness (QED) is 0.581. The van der Waals surface area contributed by atoms with E-state index in [1.54, 1.807) is 0 Å². The first kappa shape index (κ1) is 12.9. The van der Waals surface area contributed by atoms with E-state index in [-0.39, 0.29) is 13.5 Å². The van der Waals surface area contributed by atoms with E-state index in [4.69, 9.17) is 4.74 Å². The van der Waals surface area contributed by atoms with Crippen LogP contribution in [0.2, 0.25) is 0 Å². The minimum absolute atomic E-state index is 0. The van der Waals surface area contributed by atoms with Gasteiger partial charge in [-0.05, 0) is 6.92 Å². The van der Waals surface area contributed by atoms with Gasteiger partial charge in [-0.25, -0.2) is 0 Å². The number of nitrogens with one attached hydrogen (secondary N) is 1. The molecule has 1 aliphatic rings. The van der Waals surface area contributed by atoms with Gasteiger partial charge in [-0.1, -0.05) is 13.8 Å². The Kier molecular flexibility index (Phi) is 12.0. The molecular formula is C7H19NOS. The molecule has 0 aromatic carbocycles. The maximum Gasteiger partial charge on any atom is 0.0672 e. The summed E-state index contributed by atoms with van der Waals surface area (Å²) >= 11 is 0. The molecule has 1 rings (SSSR count). The molecule has 0 unspecified atom stereocenters. The van der Waals surface area contributed by atoms with Crippen LogP contribution in [0, 0.1) is 0 Å². The summed E-state index contributed by atoms with van der Waals surface area (Å²) in [6.45, 7) is 8.98. The van der Waals surface area contributed by atoms with E-state index in [1.807, 2.05) is 13.8 Å². The predicted molar refractivity (Wildman–Crippen MR) is 50.0 cm³/mol. The first-order valence-electron chi connectivity index (χ1n) is 3.72. The highest BCUT2D eigenvalue weighted by atomic mass is 32.1. The second-order valence-electron chi connectivity index (χ2n) is 1.89. The molecule has 0 amide bonds.